The molecule has 0 saturated carbocycles. The summed E-state index contributed by atoms with van der Waals surface area (Å²) in [6, 6.07) is 11.6. The summed E-state index contributed by atoms with van der Waals surface area (Å²) in [4.78, 5) is 42.1. The average molecular weight is 384 g/mol. The van der Waals surface area contributed by atoms with Crippen LogP contribution in [-0.4, -0.2) is 34.5 Å². The standard InChI is InChI=1S/C19H20N4O3S/c1-2-8-20-16(24)10-21-17(25)11-23-12-22-18-14(19(23)26)9-15(27-18)13-6-4-3-5-7-13/h3-7,9,12H,2,8,10-11H2,1H3,(H,20,24)(H,21,25). The van der Waals surface area contributed by atoms with E-state index in [1.165, 1.54) is 22.2 Å². The average Bonchev–Trinajstić information content (AvgIpc) is 3.13. The normalized spacial score (nSPS) is 10.7. The van der Waals surface area contributed by atoms with Crippen LogP contribution in [0.15, 0.2) is 47.5 Å². The highest BCUT2D eigenvalue weighted by Crippen LogP contribution is 2.30. The lowest BCUT2D eigenvalue weighted by atomic mass is 10.2. The fourth-order valence-corrected chi connectivity index (χ4v) is 3.53. The molecule has 27 heavy (non-hydrogen) atoms. The van der Waals surface area contributed by atoms with Crippen LogP contribution in [0.2, 0.25) is 0 Å². The maximum absolute atomic E-state index is 12.7. The van der Waals surface area contributed by atoms with E-state index in [1.807, 2.05) is 37.3 Å². The minimum absolute atomic E-state index is 0.111. The van der Waals surface area contributed by atoms with Gasteiger partial charge in [0.2, 0.25) is 11.8 Å². The van der Waals surface area contributed by atoms with Gasteiger partial charge < -0.3 is 10.6 Å². The number of amides is 2. The zero-order valence-corrected chi connectivity index (χ0v) is 15.7. The third-order valence-electron chi connectivity index (χ3n) is 3.91. The third-order valence-corrected chi connectivity index (χ3v) is 5.00. The Labute approximate surface area is 160 Å². The highest BCUT2D eigenvalue weighted by atomic mass is 32.1. The van der Waals surface area contributed by atoms with Gasteiger partial charge in [0.05, 0.1) is 18.3 Å². The summed E-state index contributed by atoms with van der Waals surface area (Å²) in [5.41, 5.74) is 0.742. The van der Waals surface area contributed by atoms with Gasteiger partial charge in [0.1, 0.15) is 11.4 Å². The molecule has 0 aliphatic carbocycles. The summed E-state index contributed by atoms with van der Waals surface area (Å²) in [6.45, 7) is 2.22. The highest BCUT2D eigenvalue weighted by Gasteiger charge is 2.12. The second-order valence-electron chi connectivity index (χ2n) is 6.00. The van der Waals surface area contributed by atoms with E-state index in [9.17, 15) is 14.4 Å². The topological polar surface area (TPSA) is 93.1 Å². The van der Waals surface area contributed by atoms with Gasteiger partial charge in [-0.1, -0.05) is 37.3 Å². The van der Waals surface area contributed by atoms with E-state index in [0.717, 1.165) is 16.9 Å². The molecular weight excluding hydrogens is 364 g/mol. The van der Waals surface area contributed by atoms with E-state index >= 15 is 0 Å². The van der Waals surface area contributed by atoms with Gasteiger partial charge in [0.15, 0.2) is 0 Å². The van der Waals surface area contributed by atoms with Crippen LogP contribution >= 0.6 is 11.3 Å². The Hall–Kier alpha value is -3.00. The van der Waals surface area contributed by atoms with Crippen molar-refractivity contribution in [1.29, 1.82) is 0 Å². The molecule has 2 aromatic heterocycles. The molecule has 0 atom stereocenters. The quantitative estimate of drug-likeness (QED) is 0.649. The molecule has 0 radical (unpaired) electrons. The minimum atomic E-state index is -0.414. The molecule has 0 unspecified atom stereocenters. The van der Waals surface area contributed by atoms with Gasteiger partial charge in [-0.25, -0.2) is 4.98 Å². The maximum atomic E-state index is 12.7. The Morgan fingerprint density at radius 2 is 1.93 bits per heavy atom. The molecule has 7 nitrogen and oxygen atoms in total. The Morgan fingerprint density at radius 1 is 1.15 bits per heavy atom. The van der Waals surface area contributed by atoms with E-state index in [1.54, 1.807) is 6.07 Å². The number of carbonyl (C=O) groups excluding carboxylic acids is 2. The number of nitrogens with zero attached hydrogens (tertiary/aromatic N) is 2. The Bertz CT molecular complexity index is 1010. The van der Waals surface area contributed by atoms with Gasteiger partial charge >= 0.3 is 0 Å². The molecule has 0 aliphatic rings. The Balaban J connectivity index is 1.72. The van der Waals surface area contributed by atoms with Crippen LogP contribution in [0.4, 0.5) is 0 Å². The fraction of sp³-hybridized carbons (Fsp3) is 0.263. The first kappa shape index (κ1) is 18.8. The summed E-state index contributed by atoms with van der Waals surface area (Å²) >= 11 is 1.44. The molecule has 140 valence electrons. The zero-order chi connectivity index (χ0) is 19.2. The van der Waals surface area contributed by atoms with Crippen molar-refractivity contribution in [2.24, 2.45) is 0 Å². The SMILES string of the molecule is CCCNC(=O)CNC(=O)Cn1cnc2sc(-c3ccccc3)cc2c1=O. The van der Waals surface area contributed by atoms with Crippen molar-refractivity contribution < 1.29 is 9.59 Å². The number of fused-ring (bicyclic) bond motifs is 1. The van der Waals surface area contributed by atoms with Gasteiger partial charge in [-0.15, -0.1) is 11.3 Å². The third kappa shape index (κ3) is 4.59. The van der Waals surface area contributed by atoms with Gasteiger partial charge in [0.25, 0.3) is 5.56 Å². The Kier molecular flexibility index (Phi) is 5.97. The first-order valence-electron chi connectivity index (χ1n) is 8.66. The molecule has 0 saturated heterocycles. The predicted molar refractivity (Wildman–Crippen MR) is 106 cm³/mol. The highest BCUT2D eigenvalue weighted by molar-refractivity contribution is 7.21. The molecule has 2 N–H and O–H groups in total. The lowest BCUT2D eigenvalue weighted by Crippen LogP contribution is -2.39. The van der Waals surface area contributed by atoms with Crippen molar-refractivity contribution in [1.82, 2.24) is 20.2 Å². The Morgan fingerprint density at radius 3 is 2.67 bits per heavy atom. The molecule has 1 aromatic carbocycles. The number of hydrogen-bond acceptors (Lipinski definition) is 5. The molecule has 0 spiro atoms. The van der Waals surface area contributed by atoms with E-state index in [4.69, 9.17) is 0 Å². The molecule has 3 rings (SSSR count). The molecule has 0 fully saturated rings. The second kappa shape index (κ2) is 8.59. The van der Waals surface area contributed by atoms with E-state index in [0.29, 0.717) is 16.8 Å². The van der Waals surface area contributed by atoms with Crippen LogP contribution in [0.5, 0.6) is 0 Å². The van der Waals surface area contributed by atoms with Crippen LogP contribution in [0.25, 0.3) is 20.7 Å². The largest absolute Gasteiger partial charge is 0.355 e. The van der Waals surface area contributed by atoms with Crippen LogP contribution in [-0.2, 0) is 16.1 Å². The van der Waals surface area contributed by atoms with Crippen LogP contribution in [0.1, 0.15) is 13.3 Å². The molecule has 2 heterocycles. The van der Waals surface area contributed by atoms with Gasteiger partial charge in [0, 0.05) is 11.4 Å². The van der Waals surface area contributed by atoms with E-state index < -0.39 is 5.91 Å². The summed E-state index contributed by atoms with van der Waals surface area (Å²) in [7, 11) is 0. The van der Waals surface area contributed by atoms with Crippen molar-refractivity contribution >= 4 is 33.4 Å². The molecule has 0 bridgehead atoms. The molecular formula is C19H20N4O3S. The number of rotatable bonds is 7. The number of nitrogens with one attached hydrogen (secondary N) is 2. The minimum Gasteiger partial charge on any atom is -0.355 e. The van der Waals surface area contributed by atoms with E-state index in [2.05, 4.69) is 15.6 Å². The first-order chi connectivity index (χ1) is 13.1. The van der Waals surface area contributed by atoms with Gasteiger partial charge in [-0.3, -0.25) is 19.0 Å². The number of thiophene rings is 1. The first-order valence-corrected chi connectivity index (χ1v) is 9.48. The van der Waals surface area contributed by atoms with Crippen molar-refractivity contribution in [3.05, 3.63) is 53.1 Å². The predicted octanol–water partition coefficient (Wildman–Crippen LogP) is 1.77. The summed E-state index contributed by atoms with van der Waals surface area (Å²) in [6.07, 6.45) is 2.19. The maximum Gasteiger partial charge on any atom is 0.262 e. The molecule has 3 aromatic rings. The fourth-order valence-electron chi connectivity index (χ4n) is 2.53. The molecule has 2 amide bonds. The van der Waals surface area contributed by atoms with Crippen LogP contribution in [0.3, 0.4) is 0 Å². The lowest BCUT2D eigenvalue weighted by molar-refractivity contribution is -0.126. The number of aromatic nitrogens is 2. The smallest absolute Gasteiger partial charge is 0.262 e. The van der Waals surface area contributed by atoms with Crippen molar-refractivity contribution in [3.63, 3.8) is 0 Å². The van der Waals surface area contributed by atoms with Crippen LogP contribution < -0.4 is 16.2 Å². The van der Waals surface area contributed by atoms with Gasteiger partial charge in [-0.2, -0.15) is 0 Å². The number of carbonyl (C=O) groups is 2. The van der Waals surface area contributed by atoms with Gasteiger partial charge in [-0.05, 0) is 18.1 Å². The lowest BCUT2D eigenvalue weighted by Gasteiger charge is -2.07. The molecule has 0 aliphatic heterocycles. The number of benzene rings is 1. The summed E-state index contributed by atoms with van der Waals surface area (Å²) in [5.74, 6) is -0.667. The summed E-state index contributed by atoms with van der Waals surface area (Å²) < 4.78 is 1.25. The zero-order valence-electron chi connectivity index (χ0n) is 14.9. The van der Waals surface area contributed by atoms with Crippen LogP contribution in [0, 0.1) is 0 Å². The van der Waals surface area contributed by atoms with E-state index in [-0.39, 0.29) is 24.6 Å². The monoisotopic (exact) mass is 384 g/mol. The van der Waals surface area contributed by atoms with Crippen molar-refractivity contribution in [2.75, 3.05) is 13.1 Å². The van der Waals surface area contributed by atoms with Crippen molar-refractivity contribution in [2.45, 2.75) is 19.9 Å². The summed E-state index contributed by atoms with van der Waals surface area (Å²) in [5, 5.41) is 5.66. The molecule has 8 heteroatoms. The second-order valence-corrected chi connectivity index (χ2v) is 7.03. The number of hydrogen-bond donors (Lipinski definition) is 2. The van der Waals surface area contributed by atoms with Crippen molar-refractivity contribution in [3.8, 4) is 10.4 Å².